The lowest BCUT2D eigenvalue weighted by Crippen LogP contribution is -2.14. The number of sulfonamides is 1. The van der Waals surface area contributed by atoms with Gasteiger partial charge in [-0.3, -0.25) is 4.72 Å². The fraction of sp³-hybridized carbons (Fsp3) is 0.0476. The van der Waals surface area contributed by atoms with Crippen LogP contribution < -0.4 is 4.72 Å². The summed E-state index contributed by atoms with van der Waals surface area (Å²) in [5.41, 5.74) is 0.850. The van der Waals surface area contributed by atoms with Crippen molar-refractivity contribution in [1.82, 2.24) is 0 Å². The van der Waals surface area contributed by atoms with Gasteiger partial charge in [0.25, 0.3) is 10.0 Å². The van der Waals surface area contributed by atoms with Crippen molar-refractivity contribution in [2.24, 2.45) is 0 Å². The molecule has 4 rings (SSSR count). The van der Waals surface area contributed by atoms with E-state index in [9.17, 15) is 18.6 Å². The van der Waals surface area contributed by atoms with Crippen LogP contribution in [0.3, 0.4) is 0 Å². The van der Waals surface area contributed by atoms with E-state index in [0.717, 1.165) is 0 Å². The lowest BCUT2D eigenvalue weighted by atomic mass is 10.1. The van der Waals surface area contributed by atoms with E-state index in [4.69, 9.17) is 0 Å². The highest BCUT2D eigenvalue weighted by Crippen LogP contribution is 2.36. The Hall–Kier alpha value is -3.25. The minimum absolute atomic E-state index is 0.0691. The minimum atomic E-state index is -3.93. The van der Waals surface area contributed by atoms with Crippen molar-refractivity contribution < 1.29 is 18.6 Å². The molecule has 0 atom stereocenters. The Morgan fingerprint density at radius 2 is 1.37 bits per heavy atom. The molecule has 0 aliphatic heterocycles. The van der Waals surface area contributed by atoms with Gasteiger partial charge in [-0.15, -0.1) is 0 Å². The number of aromatic hydroxyl groups is 2. The molecule has 0 fully saturated rings. The number of aryl methyl sites for hydroxylation is 1. The Labute approximate surface area is 156 Å². The summed E-state index contributed by atoms with van der Waals surface area (Å²) >= 11 is 0. The Kier molecular flexibility index (Phi) is 3.93. The molecule has 136 valence electrons. The van der Waals surface area contributed by atoms with E-state index in [2.05, 4.69) is 4.72 Å². The van der Waals surface area contributed by atoms with Gasteiger partial charge in [0.2, 0.25) is 0 Å². The number of hydrogen-bond donors (Lipinski definition) is 3. The summed E-state index contributed by atoms with van der Waals surface area (Å²) in [6.45, 7) is 1.66. The normalized spacial score (nSPS) is 11.7. The lowest BCUT2D eigenvalue weighted by Gasteiger charge is -2.15. The summed E-state index contributed by atoms with van der Waals surface area (Å²) in [4.78, 5) is 0.0885. The smallest absolute Gasteiger partial charge is 0.262 e. The van der Waals surface area contributed by atoms with Gasteiger partial charge in [0, 0.05) is 21.5 Å². The summed E-state index contributed by atoms with van der Waals surface area (Å²) in [7, 11) is -3.93. The summed E-state index contributed by atoms with van der Waals surface area (Å²) in [5, 5.41) is 22.4. The molecule has 0 unspecified atom stereocenters. The SMILES string of the molecule is Cc1cc(S(=O)(=O)Nc2ccc(O)c3ccccc23)c2ccccc2c1O. The zero-order valence-corrected chi connectivity index (χ0v) is 15.3. The van der Waals surface area contributed by atoms with Crippen molar-refractivity contribution in [1.29, 1.82) is 0 Å². The van der Waals surface area contributed by atoms with Crippen molar-refractivity contribution >= 4 is 37.3 Å². The first-order valence-electron chi connectivity index (χ1n) is 8.33. The first-order chi connectivity index (χ1) is 12.9. The first-order valence-corrected chi connectivity index (χ1v) is 9.81. The van der Waals surface area contributed by atoms with Gasteiger partial charge in [0.05, 0.1) is 10.6 Å². The predicted molar refractivity (Wildman–Crippen MR) is 107 cm³/mol. The molecule has 0 spiro atoms. The van der Waals surface area contributed by atoms with Gasteiger partial charge in [-0.25, -0.2) is 8.42 Å². The summed E-state index contributed by atoms with van der Waals surface area (Å²) < 4.78 is 28.9. The van der Waals surface area contributed by atoms with Crippen LogP contribution >= 0.6 is 0 Å². The Morgan fingerprint density at radius 3 is 2.07 bits per heavy atom. The Bertz CT molecular complexity index is 1300. The van der Waals surface area contributed by atoms with Crippen LogP contribution in [-0.2, 0) is 10.0 Å². The highest BCUT2D eigenvalue weighted by molar-refractivity contribution is 7.93. The maximum atomic E-state index is 13.2. The summed E-state index contributed by atoms with van der Waals surface area (Å²) in [6.07, 6.45) is 0. The molecule has 6 heteroatoms. The van der Waals surface area contributed by atoms with E-state index in [1.807, 2.05) is 0 Å². The fourth-order valence-electron chi connectivity index (χ4n) is 3.25. The third-order valence-corrected chi connectivity index (χ3v) is 6.01. The van der Waals surface area contributed by atoms with Crippen LogP contribution in [-0.4, -0.2) is 18.6 Å². The van der Waals surface area contributed by atoms with Gasteiger partial charge in [-0.2, -0.15) is 0 Å². The number of phenols is 2. The van der Waals surface area contributed by atoms with Crippen LogP contribution in [0.25, 0.3) is 21.5 Å². The second kappa shape index (κ2) is 6.17. The standard InChI is InChI=1S/C21H17NO4S/c1-13-12-20(16-8-4-5-9-17(16)21(13)24)27(25,26)22-18-10-11-19(23)15-7-3-2-6-14(15)18/h2-12,22-24H,1H3. The van der Waals surface area contributed by atoms with Gasteiger partial charge in [-0.1, -0.05) is 48.5 Å². The van der Waals surface area contributed by atoms with E-state index in [1.54, 1.807) is 55.5 Å². The van der Waals surface area contributed by atoms with Gasteiger partial charge in [0.1, 0.15) is 11.5 Å². The van der Waals surface area contributed by atoms with E-state index in [1.165, 1.54) is 18.2 Å². The van der Waals surface area contributed by atoms with Crippen LogP contribution in [0.5, 0.6) is 11.5 Å². The fourth-order valence-corrected chi connectivity index (χ4v) is 4.63. The second-order valence-electron chi connectivity index (χ2n) is 6.37. The number of fused-ring (bicyclic) bond motifs is 2. The number of nitrogens with one attached hydrogen (secondary N) is 1. The molecule has 0 amide bonds. The van der Waals surface area contributed by atoms with Crippen LogP contribution in [0.15, 0.2) is 71.6 Å². The molecule has 4 aromatic carbocycles. The molecule has 0 aromatic heterocycles. The molecular formula is C21H17NO4S. The van der Waals surface area contributed by atoms with Crippen LogP contribution in [0.2, 0.25) is 0 Å². The zero-order valence-electron chi connectivity index (χ0n) is 14.5. The monoisotopic (exact) mass is 379 g/mol. The van der Waals surface area contributed by atoms with Crippen molar-refractivity contribution in [3.8, 4) is 11.5 Å². The van der Waals surface area contributed by atoms with E-state index < -0.39 is 10.0 Å². The van der Waals surface area contributed by atoms with Crippen molar-refractivity contribution in [3.63, 3.8) is 0 Å². The van der Waals surface area contributed by atoms with Crippen molar-refractivity contribution in [2.75, 3.05) is 4.72 Å². The van der Waals surface area contributed by atoms with Gasteiger partial charge < -0.3 is 10.2 Å². The molecule has 3 N–H and O–H groups in total. The van der Waals surface area contributed by atoms with Crippen LogP contribution in [0.1, 0.15) is 5.56 Å². The predicted octanol–water partition coefficient (Wildman–Crippen LogP) is 4.51. The maximum absolute atomic E-state index is 13.2. The van der Waals surface area contributed by atoms with E-state index >= 15 is 0 Å². The molecule has 0 aliphatic carbocycles. The highest BCUT2D eigenvalue weighted by Gasteiger charge is 2.21. The molecule has 5 nitrogen and oxygen atoms in total. The number of phenolic OH excluding ortho intramolecular Hbond substituents is 2. The number of benzene rings is 4. The molecule has 0 saturated heterocycles. The number of anilines is 1. The second-order valence-corrected chi connectivity index (χ2v) is 8.02. The Morgan fingerprint density at radius 1 is 0.778 bits per heavy atom. The van der Waals surface area contributed by atoms with Crippen molar-refractivity contribution in [2.45, 2.75) is 11.8 Å². The average Bonchev–Trinajstić information content (AvgIpc) is 2.67. The van der Waals surface area contributed by atoms with Gasteiger partial charge in [0.15, 0.2) is 0 Å². The topological polar surface area (TPSA) is 86.6 Å². The number of hydrogen-bond acceptors (Lipinski definition) is 4. The number of rotatable bonds is 3. The summed E-state index contributed by atoms with van der Waals surface area (Å²) in [5.74, 6) is 0.152. The molecule has 27 heavy (non-hydrogen) atoms. The third kappa shape index (κ3) is 2.84. The van der Waals surface area contributed by atoms with E-state index in [0.29, 0.717) is 32.8 Å². The molecule has 0 bridgehead atoms. The largest absolute Gasteiger partial charge is 0.507 e. The van der Waals surface area contributed by atoms with Gasteiger partial charge in [-0.05, 0) is 30.7 Å². The minimum Gasteiger partial charge on any atom is -0.507 e. The Balaban J connectivity index is 1.91. The molecule has 0 aliphatic rings. The van der Waals surface area contributed by atoms with Crippen LogP contribution in [0.4, 0.5) is 5.69 Å². The van der Waals surface area contributed by atoms with E-state index in [-0.39, 0.29) is 16.4 Å². The molecular weight excluding hydrogens is 362 g/mol. The van der Waals surface area contributed by atoms with Crippen molar-refractivity contribution in [3.05, 3.63) is 72.3 Å². The molecule has 4 aromatic rings. The molecule has 0 radical (unpaired) electrons. The average molecular weight is 379 g/mol. The highest BCUT2D eigenvalue weighted by atomic mass is 32.2. The molecule has 0 saturated carbocycles. The molecule has 0 heterocycles. The zero-order chi connectivity index (χ0) is 19.2. The van der Waals surface area contributed by atoms with Gasteiger partial charge >= 0.3 is 0 Å². The third-order valence-electron chi connectivity index (χ3n) is 4.60. The summed E-state index contributed by atoms with van der Waals surface area (Å²) in [6, 6.07) is 18.3. The van der Waals surface area contributed by atoms with Crippen LogP contribution in [0, 0.1) is 6.92 Å². The lowest BCUT2D eigenvalue weighted by molar-refractivity contribution is 0.477. The maximum Gasteiger partial charge on any atom is 0.262 e. The first kappa shape index (κ1) is 17.2. The quantitative estimate of drug-likeness (QED) is 0.457.